The van der Waals surface area contributed by atoms with Crippen molar-refractivity contribution in [3.05, 3.63) is 299 Å². The van der Waals surface area contributed by atoms with Gasteiger partial charge in [0.2, 0.25) is 0 Å². The fourth-order valence-corrected chi connectivity index (χ4v) is 10.1. The summed E-state index contributed by atoms with van der Waals surface area (Å²) in [5.41, 5.74) is 31.1. The third-order valence-corrected chi connectivity index (χ3v) is 14.5. The molecule has 0 aromatic heterocycles. The molecule has 0 nitrogen and oxygen atoms in total. The SMILES string of the molecule is C=C/C(=C\C=C/C)c1cccc(-c2ccc(C)c(-c3cc(-c4ccc5c(c4)-c4cc(C)ccc4C5)ccc3C)c2)c1.C=CCC/C(=C\C)c1cccc(-c2ccc(C)c(-c3ccccc3C)c2)c1.Cc1ccccc1. The Labute approximate surface area is 449 Å². The molecule has 0 atom stereocenters. The lowest BCUT2D eigenvalue weighted by atomic mass is 9.89. The summed E-state index contributed by atoms with van der Waals surface area (Å²) in [4.78, 5) is 0. The minimum absolute atomic E-state index is 1.01. The molecule has 0 fully saturated rings. The summed E-state index contributed by atoms with van der Waals surface area (Å²) in [5.74, 6) is 0. The number of hydrogen-bond donors (Lipinski definition) is 0. The maximum atomic E-state index is 4.03. The van der Waals surface area contributed by atoms with Crippen LogP contribution in [0.3, 0.4) is 0 Å². The van der Waals surface area contributed by atoms with Crippen LogP contribution in [0.2, 0.25) is 0 Å². The van der Waals surface area contributed by atoms with Crippen molar-refractivity contribution >= 4 is 11.1 Å². The van der Waals surface area contributed by atoms with Gasteiger partial charge in [-0.3, -0.25) is 0 Å². The summed E-state index contributed by atoms with van der Waals surface area (Å²) >= 11 is 0. The lowest BCUT2D eigenvalue weighted by molar-refractivity contribution is 1.07. The van der Waals surface area contributed by atoms with Crippen LogP contribution in [0.15, 0.2) is 244 Å². The van der Waals surface area contributed by atoms with E-state index in [1.807, 2.05) is 43.4 Å². The fraction of sp³-hybridized carbons (Fsp3) is 0.147. The van der Waals surface area contributed by atoms with Gasteiger partial charge in [-0.2, -0.15) is 0 Å². The first kappa shape index (κ1) is 53.0. The predicted molar refractivity (Wildman–Crippen MR) is 329 cm³/mol. The highest BCUT2D eigenvalue weighted by atomic mass is 14.2. The molecule has 9 aromatic carbocycles. The van der Waals surface area contributed by atoms with Crippen LogP contribution in [-0.4, -0.2) is 0 Å². The molecular formula is C75H72. The minimum Gasteiger partial charge on any atom is -0.103 e. The number of rotatable bonds is 12. The Bertz CT molecular complexity index is 3570. The van der Waals surface area contributed by atoms with Gasteiger partial charge >= 0.3 is 0 Å². The Balaban J connectivity index is 0.000000188. The molecule has 9 aromatic rings. The number of hydrogen-bond acceptors (Lipinski definition) is 0. The molecule has 0 heterocycles. The Morgan fingerprint density at radius 3 is 1.43 bits per heavy atom. The molecule has 0 amide bonds. The molecule has 0 radical (unpaired) electrons. The van der Waals surface area contributed by atoms with Crippen molar-refractivity contribution in [2.45, 2.75) is 74.7 Å². The Hall–Kier alpha value is -8.32. The van der Waals surface area contributed by atoms with Crippen molar-refractivity contribution in [3.8, 4) is 66.8 Å². The molecule has 75 heavy (non-hydrogen) atoms. The van der Waals surface area contributed by atoms with Crippen LogP contribution in [0.5, 0.6) is 0 Å². The van der Waals surface area contributed by atoms with Gasteiger partial charge in [0.05, 0.1) is 0 Å². The van der Waals surface area contributed by atoms with Gasteiger partial charge in [0.1, 0.15) is 0 Å². The summed E-state index contributed by atoms with van der Waals surface area (Å²) in [6, 6.07) is 70.9. The van der Waals surface area contributed by atoms with E-state index in [0.29, 0.717) is 0 Å². The Morgan fingerprint density at radius 1 is 0.413 bits per heavy atom. The monoisotopic (exact) mass is 973 g/mol. The van der Waals surface area contributed by atoms with Gasteiger partial charge < -0.3 is 0 Å². The van der Waals surface area contributed by atoms with Crippen LogP contribution in [0, 0.1) is 41.5 Å². The van der Waals surface area contributed by atoms with Gasteiger partial charge in [-0.25, -0.2) is 0 Å². The van der Waals surface area contributed by atoms with Crippen LogP contribution in [0.25, 0.3) is 77.9 Å². The quantitative estimate of drug-likeness (QED) is 0.0845. The van der Waals surface area contributed by atoms with Crippen LogP contribution in [0.1, 0.15) is 82.3 Å². The first-order chi connectivity index (χ1) is 36.5. The summed E-state index contributed by atoms with van der Waals surface area (Å²) in [5, 5.41) is 0. The molecule has 0 saturated heterocycles. The molecule has 1 aliphatic rings. The van der Waals surface area contributed by atoms with E-state index in [9.17, 15) is 0 Å². The topological polar surface area (TPSA) is 0 Å². The largest absolute Gasteiger partial charge is 0.103 e. The molecule has 0 N–H and O–H groups in total. The van der Waals surface area contributed by atoms with E-state index in [1.165, 1.54) is 128 Å². The van der Waals surface area contributed by atoms with Gasteiger partial charge in [-0.05, 0) is 233 Å². The Kier molecular flexibility index (Phi) is 17.7. The van der Waals surface area contributed by atoms with Crippen molar-refractivity contribution in [2.24, 2.45) is 0 Å². The molecule has 0 saturated carbocycles. The van der Waals surface area contributed by atoms with E-state index < -0.39 is 0 Å². The van der Waals surface area contributed by atoms with Gasteiger partial charge in [0, 0.05) is 0 Å². The smallest absolute Gasteiger partial charge is 0.00134 e. The minimum atomic E-state index is 1.01. The molecule has 0 heteroatoms. The molecule has 0 bridgehead atoms. The maximum absolute atomic E-state index is 4.03. The predicted octanol–water partition coefficient (Wildman–Crippen LogP) is 21.3. The van der Waals surface area contributed by atoms with Crippen molar-refractivity contribution in [3.63, 3.8) is 0 Å². The third kappa shape index (κ3) is 12.9. The molecule has 0 unspecified atom stereocenters. The zero-order valence-corrected chi connectivity index (χ0v) is 45.5. The zero-order valence-electron chi connectivity index (χ0n) is 45.5. The number of fused-ring (bicyclic) bond motifs is 3. The average Bonchev–Trinajstić information content (AvgIpc) is 3.80. The third-order valence-electron chi connectivity index (χ3n) is 14.5. The first-order valence-corrected chi connectivity index (χ1v) is 26.5. The van der Waals surface area contributed by atoms with E-state index in [2.05, 4.69) is 256 Å². The summed E-state index contributed by atoms with van der Waals surface area (Å²) in [6.07, 6.45) is 15.4. The molecule has 1 aliphatic carbocycles. The average molecular weight is 973 g/mol. The van der Waals surface area contributed by atoms with Crippen LogP contribution in [-0.2, 0) is 6.42 Å². The van der Waals surface area contributed by atoms with Gasteiger partial charge in [-0.15, -0.1) is 6.58 Å². The van der Waals surface area contributed by atoms with E-state index in [0.717, 1.165) is 24.8 Å². The molecule has 372 valence electrons. The standard InChI is InChI=1S/C41H36.C27H28.C7H8/c1-6-8-10-30(7-2)31-11-9-12-32(22-31)33-17-14-28(4)38(24-33)39-25-34(18-15-29(39)5)35-19-20-37-23-36-16-13-27(3)21-40(36)41(37)26-35;1-5-7-12-22(6-2)23-13-10-14-24(18-23)25-17-16-21(4)27(19-25)26-15-9-8-11-20(26)3;1-7-5-3-2-4-6-7/h6-22,24-26H,2,23H2,1,3-5H3;5-6,8-11,13-19H,1,7,12H2,2-4H3;2-6H,1H3/b8-6-,30-10+;22-6+;. The highest BCUT2D eigenvalue weighted by molar-refractivity contribution is 5.86. The van der Waals surface area contributed by atoms with Crippen LogP contribution in [0.4, 0.5) is 0 Å². The van der Waals surface area contributed by atoms with Crippen molar-refractivity contribution < 1.29 is 0 Å². The fourth-order valence-electron chi connectivity index (χ4n) is 10.1. The van der Waals surface area contributed by atoms with Crippen molar-refractivity contribution in [2.75, 3.05) is 0 Å². The van der Waals surface area contributed by atoms with Crippen LogP contribution >= 0.6 is 0 Å². The number of aryl methyl sites for hydroxylation is 6. The van der Waals surface area contributed by atoms with Gasteiger partial charge in [-0.1, -0.05) is 212 Å². The highest BCUT2D eigenvalue weighted by Crippen LogP contribution is 2.41. The second-order valence-corrected chi connectivity index (χ2v) is 19.9. The lowest BCUT2D eigenvalue weighted by Gasteiger charge is -2.15. The van der Waals surface area contributed by atoms with E-state index in [4.69, 9.17) is 0 Å². The van der Waals surface area contributed by atoms with Gasteiger partial charge in [0.25, 0.3) is 0 Å². The lowest BCUT2D eigenvalue weighted by Crippen LogP contribution is -1.91. The molecule has 0 aliphatic heterocycles. The molecular weight excluding hydrogens is 901 g/mol. The molecule has 0 spiro atoms. The molecule has 10 rings (SSSR count). The maximum Gasteiger partial charge on any atom is -0.00134 e. The highest BCUT2D eigenvalue weighted by Gasteiger charge is 2.20. The second-order valence-electron chi connectivity index (χ2n) is 19.9. The zero-order chi connectivity index (χ0) is 52.8. The van der Waals surface area contributed by atoms with E-state index in [-0.39, 0.29) is 0 Å². The number of allylic oxidation sites excluding steroid dienone is 8. The second kappa shape index (κ2) is 25.1. The normalized spacial score (nSPS) is 11.7. The van der Waals surface area contributed by atoms with E-state index in [1.54, 1.807) is 0 Å². The van der Waals surface area contributed by atoms with Crippen molar-refractivity contribution in [1.82, 2.24) is 0 Å². The summed E-state index contributed by atoms with van der Waals surface area (Å²) in [7, 11) is 0. The van der Waals surface area contributed by atoms with E-state index >= 15 is 0 Å². The Morgan fingerprint density at radius 2 is 0.893 bits per heavy atom. The summed E-state index contributed by atoms with van der Waals surface area (Å²) < 4.78 is 0. The number of benzene rings is 9. The van der Waals surface area contributed by atoms with Crippen LogP contribution < -0.4 is 0 Å². The van der Waals surface area contributed by atoms with Crippen molar-refractivity contribution in [1.29, 1.82) is 0 Å². The summed E-state index contributed by atoms with van der Waals surface area (Å²) in [6.45, 7) is 25.1. The first-order valence-electron chi connectivity index (χ1n) is 26.5. The van der Waals surface area contributed by atoms with Gasteiger partial charge in [0.15, 0.2) is 0 Å².